The van der Waals surface area contributed by atoms with Crippen LogP contribution >= 0.6 is 0 Å². The van der Waals surface area contributed by atoms with Crippen molar-refractivity contribution in [3.8, 4) is 22.6 Å². The van der Waals surface area contributed by atoms with E-state index in [9.17, 15) is 18.3 Å². The van der Waals surface area contributed by atoms with Gasteiger partial charge in [0, 0.05) is 25.7 Å². The van der Waals surface area contributed by atoms with Gasteiger partial charge in [0.15, 0.2) is 0 Å². The number of anilines is 1. The highest BCUT2D eigenvalue weighted by Gasteiger charge is 2.21. The van der Waals surface area contributed by atoms with Gasteiger partial charge in [-0.2, -0.15) is 0 Å². The van der Waals surface area contributed by atoms with E-state index in [-0.39, 0.29) is 28.0 Å². The molecule has 30 heavy (non-hydrogen) atoms. The Bertz CT molecular complexity index is 1190. The first kappa shape index (κ1) is 21.2. The molecule has 3 rings (SSSR count). The Hall–Kier alpha value is -3.52. The van der Waals surface area contributed by atoms with Crippen molar-refractivity contribution in [2.75, 3.05) is 25.9 Å². The lowest BCUT2D eigenvalue weighted by Crippen LogP contribution is -2.21. The number of nitrogens with one attached hydrogen (secondary N) is 1. The molecule has 0 saturated heterocycles. The van der Waals surface area contributed by atoms with Crippen molar-refractivity contribution in [1.82, 2.24) is 4.90 Å². The number of phenols is 1. The van der Waals surface area contributed by atoms with Crippen molar-refractivity contribution >= 4 is 21.6 Å². The lowest BCUT2D eigenvalue weighted by atomic mass is 10.0. The van der Waals surface area contributed by atoms with Crippen molar-refractivity contribution in [2.24, 2.45) is 0 Å². The average molecular weight is 426 g/mol. The van der Waals surface area contributed by atoms with Gasteiger partial charge in [-0.25, -0.2) is 8.42 Å². The van der Waals surface area contributed by atoms with Crippen LogP contribution in [0.2, 0.25) is 0 Å². The van der Waals surface area contributed by atoms with Gasteiger partial charge in [-0.1, -0.05) is 24.3 Å². The molecule has 1 amide bonds. The molecule has 0 bridgehead atoms. The van der Waals surface area contributed by atoms with E-state index in [1.807, 2.05) is 0 Å². The molecule has 0 spiro atoms. The quantitative estimate of drug-likeness (QED) is 0.628. The van der Waals surface area contributed by atoms with E-state index in [2.05, 4.69) is 4.72 Å². The topological polar surface area (TPSA) is 95.9 Å². The Balaban J connectivity index is 2.04. The number of rotatable bonds is 6. The minimum Gasteiger partial charge on any atom is -0.508 e. The number of benzene rings is 3. The summed E-state index contributed by atoms with van der Waals surface area (Å²) >= 11 is 0. The van der Waals surface area contributed by atoms with Gasteiger partial charge in [-0.3, -0.25) is 9.52 Å². The third-order valence-corrected chi connectivity index (χ3v) is 5.80. The molecule has 0 saturated carbocycles. The lowest BCUT2D eigenvalue weighted by Gasteiger charge is -2.14. The van der Waals surface area contributed by atoms with Crippen LogP contribution in [-0.4, -0.2) is 45.5 Å². The normalized spacial score (nSPS) is 11.0. The monoisotopic (exact) mass is 426 g/mol. The molecule has 8 heteroatoms. The Morgan fingerprint density at radius 2 is 1.67 bits per heavy atom. The third-order valence-electron chi connectivity index (χ3n) is 4.40. The van der Waals surface area contributed by atoms with Gasteiger partial charge in [0.2, 0.25) is 0 Å². The van der Waals surface area contributed by atoms with Crippen LogP contribution in [0.4, 0.5) is 5.69 Å². The second-order valence-corrected chi connectivity index (χ2v) is 8.45. The zero-order valence-electron chi connectivity index (χ0n) is 16.8. The Kier molecular flexibility index (Phi) is 5.98. The molecule has 7 nitrogen and oxygen atoms in total. The SMILES string of the molecule is COc1ccc(-c2cccc(C(=O)N(C)C)c2)cc1S(=O)(=O)Nc1cccc(O)c1. The van der Waals surface area contributed by atoms with Gasteiger partial charge in [-0.05, 0) is 47.5 Å². The molecule has 0 fully saturated rings. The highest BCUT2D eigenvalue weighted by atomic mass is 32.2. The third kappa shape index (κ3) is 4.55. The lowest BCUT2D eigenvalue weighted by molar-refractivity contribution is 0.0827. The van der Waals surface area contributed by atoms with Crippen LogP contribution in [0.25, 0.3) is 11.1 Å². The molecule has 0 aliphatic carbocycles. The fraction of sp³-hybridized carbons (Fsp3) is 0.136. The molecule has 3 aromatic rings. The number of nitrogens with zero attached hydrogens (tertiary/aromatic N) is 1. The first-order valence-corrected chi connectivity index (χ1v) is 10.5. The van der Waals surface area contributed by atoms with Crippen LogP contribution in [0.3, 0.4) is 0 Å². The molecular weight excluding hydrogens is 404 g/mol. The maximum atomic E-state index is 13.0. The Morgan fingerprint density at radius 3 is 2.33 bits per heavy atom. The predicted molar refractivity (Wildman–Crippen MR) is 115 cm³/mol. The zero-order valence-corrected chi connectivity index (χ0v) is 17.6. The van der Waals surface area contributed by atoms with E-state index in [0.717, 1.165) is 0 Å². The van der Waals surface area contributed by atoms with E-state index < -0.39 is 10.0 Å². The first-order valence-electron chi connectivity index (χ1n) is 9.03. The van der Waals surface area contributed by atoms with E-state index in [4.69, 9.17) is 4.74 Å². The van der Waals surface area contributed by atoms with Crippen molar-refractivity contribution < 1.29 is 23.1 Å². The summed E-state index contributed by atoms with van der Waals surface area (Å²) in [6, 6.07) is 17.6. The van der Waals surface area contributed by atoms with Crippen molar-refractivity contribution in [1.29, 1.82) is 0 Å². The molecule has 0 aliphatic rings. The molecule has 156 valence electrons. The number of phenolic OH excluding ortho intramolecular Hbond substituents is 1. The summed E-state index contributed by atoms with van der Waals surface area (Å²) in [6.45, 7) is 0. The highest BCUT2D eigenvalue weighted by Crippen LogP contribution is 2.32. The minimum atomic E-state index is -4.00. The Labute approximate surface area is 175 Å². The minimum absolute atomic E-state index is 0.0571. The number of hydrogen-bond acceptors (Lipinski definition) is 5. The van der Waals surface area contributed by atoms with Crippen LogP contribution < -0.4 is 9.46 Å². The number of hydrogen-bond donors (Lipinski definition) is 2. The molecule has 0 unspecified atom stereocenters. The van der Waals surface area contributed by atoms with Crippen LogP contribution in [0.1, 0.15) is 10.4 Å². The number of amides is 1. The standard InChI is InChI=1S/C22H22N2O5S/c1-24(2)22(26)17-7-4-6-15(12-17)16-10-11-20(29-3)21(13-16)30(27,28)23-18-8-5-9-19(25)14-18/h4-14,23,25H,1-3H3. The summed E-state index contributed by atoms with van der Waals surface area (Å²) in [7, 11) is 0.717. The zero-order chi connectivity index (χ0) is 21.9. The van der Waals surface area contributed by atoms with Crippen LogP contribution in [0, 0.1) is 0 Å². The Morgan fingerprint density at radius 1 is 0.967 bits per heavy atom. The molecule has 0 radical (unpaired) electrons. The number of carbonyl (C=O) groups is 1. The van der Waals surface area contributed by atoms with Crippen molar-refractivity contribution in [2.45, 2.75) is 4.90 Å². The van der Waals surface area contributed by atoms with Gasteiger partial charge < -0.3 is 14.7 Å². The van der Waals surface area contributed by atoms with Crippen LogP contribution in [-0.2, 0) is 10.0 Å². The summed E-state index contributed by atoms with van der Waals surface area (Å²) in [6.07, 6.45) is 0. The number of ether oxygens (including phenoxy) is 1. The molecule has 3 aromatic carbocycles. The molecule has 0 atom stereocenters. The van der Waals surface area contributed by atoms with Gasteiger partial charge in [0.1, 0.15) is 16.4 Å². The van der Waals surface area contributed by atoms with Crippen molar-refractivity contribution in [3.63, 3.8) is 0 Å². The molecule has 0 aromatic heterocycles. The summed E-state index contributed by atoms with van der Waals surface area (Å²) in [5, 5.41) is 9.59. The van der Waals surface area contributed by atoms with E-state index in [0.29, 0.717) is 16.7 Å². The predicted octanol–water partition coefficient (Wildman–Crippen LogP) is 3.57. The second-order valence-electron chi connectivity index (χ2n) is 6.80. The summed E-state index contributed by atoms with van der Waals surface area (Å²) < 4.78 is 33.7. The van der Waals surface area contributed by atoms with Crippen molar-refractivity contribution in [3.05, 3.63) is 72.3 Å². The van der Waals surface area contributed by atoms with E-state index >= 15 is 0 Å². The summed E-state index contributed by atoms with van der Waals surface area (Å²) in [4.78, 5) is 13.7. The van der Waals surface area contributed by atoms with Gasteiger partial charge in [0.05, 0.1) is 12.8 Å². The fourth-order valence-electron chi connectivity index (χ4n) is 2.94. The van der Waals surface area contributed by atoms with Gasteiger partial charge in [0.25, 0.3) is 15.9 Å². The number of sulfonamides is 1. The maximum absolute atomic E-state index is 13.0. The summed E-state index contributed by atoms with van der Waals surface area (Å²) in [5.74, 6) is -0.0334. The molecular formula is C22H22N2O5S. The van der Waals surface area contributed by atoms with Crippen LogP contribution in [0.15, 0.2) is 71.6 Å². The van der Waals surface area contributed by atoms with E-state index in [1.165, 1.54) is 42.3 Å². The fourth-order valence-corrected chi connectivity index (χ4v) is 4.18. The first-order chi connectivity index (χ1) is 14.2. The number of carbonyl (C=O) groups excluding carboxylic acids is 1. The second kappa shape index (κ2) is 8.46. The maximum Gasteiger partial charge on any atom is 0.265 e. The smallest absolute Gasteiger partial charge is 0.265 e. The van der Waals surface area contributed by atoms with Gasteiger partial charge in [-0.15, -0.1) is 0 Å². The van der Waals surface area contributed by atoms with Crippen LogP contribution in [0.5, 0.6) is 11.5 Å². The summed E-state index contributed by atoms with van der Waals surface area (Å²) in [5.41, 5.74) is 2.02. The molecule has 2 N–H and O–H groups in total. The highest BCUT2D eigenvalue weighted by molar-refractivity contribution is 7.92. The number of aromatic hydroxyl groups is 1. The number of methoxy groups -OCH3 is 1. The largest absolute Gasteiger partial charge is 0.508 e. The molecule has 0 aliphatic heterocycles. The van der Waals surface area contributed by atoms with Gasteiger partial charge >= 0.3 is 0 Å². The average Bonchev–Trinajstić information content (AvgIpc) is 2.72. The molecule has 0 heterocycles. The van der Waals surface area contributed by atoms with E-state index in [1.54, 1.807) is 50.5 Å².